The number of nitrogens with one attached hydrogen (secondary N) is 1. The van der Waals surface area contributed by atoms with Crippen LogP contribution in [0.5, 0.6) is 0 Å². The van der Waals surface area contributed by atoms with Gasteiger partial charge in [-0.05, 0) is 53.4 Å². The summed E-state index contributed by atoms with van der Waals surface area (Å²) in [6.45, 7) is 20.7. The SMILES string of the molecule is CC1(C)CC(NCC2C(C)(C)C2(C)C)CC(C)(C)C1. The molecule has 0 aromatic heterocycles. The Labute approximate surface area is 120 Å². The number of hydrogen-bond donors (Lipinski definition) is 1. The fourth-order valence-corrected chi connectivity index (χ4v) is 5.12. The van der Waals surface area contributed by atoms with E-state index in [1.54, 1.807) is 0 Å². The van der Waals surface area contributed by atoms with Crippen molar-refractivity contribution < 1.29 is 0 Å². The van der Waals surface area contributed by atoms with Crippen LogP contribution >= 0.6 is 0 Å². The van der Waals surface area contributed by atoms with Crippen LogP contribution in [-0.4, -0.2) is 12.6 Å². The Morgan fingerprint density at radius 3 is 1.58 bits per heavy atom. The standard InChI is InChI=1S/C18H35N/c1-15(2)9-13(10-16(3,4)12-15)19-11-14-17(5,6)18(14,7)8/h13-14,19H,9-12H2,1-8H3. The molecule has 2 rings (SSSR count). The highest BCUT2D eigenvalue weighted by molar-refractivity contribution is 5.13. The fourth-order valence-electron chi connectivity index (χ4n) is 5.12. The molecule has 2 fully saturated rings. The lowest BCUT2D eigenvalue weighted by Crippen LogP contribution is -2.44. The average molecular weight is 265 g/mol. The molecule has 0 heterocycles. The van der Waals surface area contributed by atoms with Crippen molar-refractivity contribution in [1.82, 2.24) is 5.32 Å². The molecule has 2 aliphatic rings. The van der Waals surface area contributed by atoms with E-state index in [2.05, 4.69) is 60.7 Å². The lowest BCUT2D eigenvalue weighted by atomic mass is 9.63. The van der Waals surface area contributed by atoms with Crippen LogP contribution in [0.15, 0.2) is 0 Å². The molecule has 0 aromatic carbocycles. The van der Waals surface area contributed by atoms with Crippen molar-refractivity contribution >= 4 is 0 Å². The zero-order valence-electron chi connectivity index (χ0n) is 14.5. The van der Waals surface area contributed by atoms with Gasteiger partial charge in [-0.3, -0.25) is 0 Å². The first-order chi connectivity index (χ1) is 8.37. The highest BCUT2D eigenvalue weighted by atomic mass is 15.0. The predicted molar refractivity (Wildman–Crippen MR) is 84.3 cm³/mol. The number of rotatable bonds is 3. The summed E-state index contributed by atoms with van der Waals surface area (Å²) in [6, 6.07) is 0.714. The molecule has 19 heavy (non-hydrogen) atoms. The van der Waals surface area contributed by atoms with Crippen molar-refractivity contribution in [3.05, 3.63) is 0 Å². The molecule has 1 nitrogen and oxygen atoms in total. The molecule has 0 saturated heterocycles. The predicted octanol–water partition coefficient (Wildman–Crippen LogP) is 4.86. The lowest BCUT2D eigenvalue weighted by Gasteiger charge is -2.45. The molecule has 112 valence electrons. The van der Waals surface area contributed by atoms with Crippen LogP contribution in [0.1, 0.15) is 74.7 Å². The van der Waals surface area contributed by atoms with Crippen LogP contribution in [0.2, 0.25) is 0 Å². The van der Waals surface area contributed by atoms with Gasteiger partial charge in [-0.15, -0.1) is 0 Å². The van der Waals surface area contributed by atoms with Crippen molar-refractivity contribution in [3.63, 3.8) is 0 Å². The van der Waals surface area contributed by atoms with Crippen molar-refractivity contribution in [1.29, 1.82) is 0 Å². The molecule has 0 bridgehead atoms. The third-order valence-corrected chi connectivity index (χ3v) is 6.49. The summed E-state index contributed by atoms with van der Waals surface area (Å²) in [5.74, 6) is 0.841. The second kappa shape index (κ2) is 4.23. The summed E-state index contributed by atoms with van der Waals surface area (Å²) in [7, 11) is 0. The molecular formula is C18H35N. The highest BCUT2D eigenvalue weighted by Crippen LogP contribution is 2.68. The number of hydrogen-bond acceptors (Lipinski definition) is 1. The first-order valence-electron chi connectivity index (χ1n) is 8.11. The molecule has 0 radical (unpaired) electrons. The van der Waals surface area contributed by atoms with E-state index < -0.39 is 0 Å². The van der Waals surface area contributed by atoms with Gasteiger partial charge in [-0.2, -0.15) is 0 Å². The molecule has 1 N–H and O–H groups in total. The van der Waals surface area contributed by atoms with Gasteiger partial charge in [0.05, 0.1) is 0 Å². The van der Waals surface area contributed by atoms with Crippen LogP contribution in [-0.2, 0) is 0 Å². The second-order valence-electron chi connectivity index (χ2n) is 10.0. The fraction of sp³-hybridized carbons (Fsp3) is 1.00. The first-order valence-corrected chi connectivity index (χ1v) is 8.11. The third-order valence-electron chi connectivity index (χ3n) is 6.49. The van der Waals surface area contributed by atoms with E-state index in [4.69, 9.17) is 0 Å². The minimum absolute atomic E-state index is 0.494. The van der Waals surface area contributed by atoms with Gasteiger partial charge in [0, 0.05) is 6.04 Å². The van der Waals surface area contributed by atoms with Gasteiger partial charge >= 0.3 is 0 Å². The lowest BCUT2D eigenvalue weighted by molar-refractivity contribution is 0.0841. The van der Waals surface area contributed by atoms with Crippen molar-refractivity contribution in [2.45, 2.75) is 80.7 Å². The molecule has 1 heteroatoms. The van der Waals surface area contributed by atoms with E-state index in [9.17, 15) is 0 Å². The van der Waals surface area contributed by atoms with Gasteiger partial charge in [0.1, 0.15) is 0 Å². The molecule has 0 atom stereocenters. The zero-order valence-corrected chi connectivity index (χ0v) is 14.5. The molecule has 0 spiro atoms. The maximum Gasteiger partial charge on any atom is 0.00773 e. The van der Waals surface area contributed by atoms with Gasteiger partial charge in [-0.1, -0.05) is 55.4 Å². The van der Waals surface area contributed by atoms with E-state index in [1.807, 2.05) is 0 Å². The van der Waals surface area contributed by atoms with E-state index >= 15 is 0 Å². The Kier molecular flexibility index (Phi) is 3.42. The summed E-state index contributed by atoms with van der Waals surface area (Å²) < 4.78 is 0. The first kappa shape index (κ1) is 15.4. The summed E-state index contributed by atoms with van der Waals surface area (Å²) in [6.07, 6.45) is 4.03. The maximum atomic E-state index is 3.91. The molecule has 2 aliphatic carbocycles. The van der Waals surface area contributed by atoms with Gasteiger partial charge in [0.25, 0.3) is 0 Å². The van der Waals surface area contributed by atoms with E-state index in [1.165, 1.54) is 25.8 Å². The van der Waals surface area contributed by atoms with Crippen LogP contribution < -0.4 is 5.32 Å². The molecule has 0 aromatic rings. The molecule has 0 amide bonds. The van der Waals surface area contributed by atoms with E-state index in [0.29, 0.717) is 27.7 Å². The van der Waals surface area contributed by atoms with E-state index in [0.717, 1.165) is 5.92 Å². The quantitative estimate of drug-likeness (QED) is 0.768. The van der Waals surface area contributed by atoms with Crippen LogP contribution in [0, 0.1) is 27.6 Å². The van der Waals surface area contributed by atoms with Gasteiger partial charge in [0.15, 0.2) is 0 Å². The summed E-state index contributed by atoms with van der Waals surface area (Å²) in [5.41, 5.74) is 2.02. The zero-order chi connectivity index (χ0) is 14.7. The summed E-state index contributed by atoms with van der Waals surface area (Å²) in [5, 5.41) is 3.91. The monoisotopic (exact) mass is 265 g/mol. The van der Waals surface area contributed by atoms with Gasteiger partial charge in [0.2, 0.25) is 0 Å². The third kappa shape index (κ3) is 2.86. The van der Waals surface area contributed by atoms with Gasteiger partial charge in [-0.25, -0.2) is 0 Å². The Morgan fingerprint density at radius 1 is 0.789 bits per heavy atom. The second-order valence-corrected chi connectivity index (χ2v) is 10.0. The van der Waals surface area contributed by atoms with Crippen LogP contribution in [0.3, 0.4) is 0 Å². The van der Waals surface area contributed by atoms with Crippen molar-refractivity contribution in [2.75, 3.05) is 6.54 Å². The normalized spacial score (nSPS) is 32.2. The van der Waals surface area contributed by atoms with Crippen molar-refractivity contribution in [3.8, 4) is 0 Å². The smallest absolute Gasteiger partial charge is 0.00773 e. The minimum Gasteiger partial charge on any atom is -0.314 e. The molecular weight excluding hydrogens is 230 g/mol. The summed E-state index contributed by atoms with van der Waals surface area (Å²) >= 11 is 0. The summed E-state index contributed by atoms with van der Waals surface area (Å²) in [4.78, 5) is 0. The Balaban J connectivity index is 1.91. The Hall–Kier alpha value is -0.0400. The van der Waals surface area contributed by atoms with Crippen molar-refractivity contribution in [2.24, 2.45) is 27.6 Å². The Morgan fingerprint density at radius 2 is 1.21 bits per heavy atom. The maximum absolute atomic E-state index is 3.91. The van der Waals surface area contributed by atoms with E-state index in [-0.39, 0.29) is 0 Å². The topological polar surface area (TPSA) is 12.0 Å². The molecule has 0 aliphatic heterocycles. The largest absolute Gasteiger partial charge is 0.314 e. The van der Waals surface area contributed by atoms with Crippen LogP contribution in [0.4, 0.5) is 0 Å². The highest BCUT2D eigenvalue weighted by Gasteiger charge is 2.64. The molecule has 2 saturated carbocycles. The van der Waals surface area contributed by atoms with Gasteiger partial charge < -0.3 is 5.32 Å². The average Bonchev–Trinajstić information content (AvgIpc) is 2.49. The van der Waals surface area contributed by atoms with Crippen LogP contribution in [0.25, 0.3) is 0 Å². The molecule has 0 unspecified atom stereocenters. The minimum atomic E-state index is 0.494. The Bertz CT molecular complexity index is 319.